The molecule has 0 amide bonds. The first-order valence-corrected chi connectivity index (χ1v) is 7.22. The van der Waals surface area contributed by atoms with E-state index in [1.165, 1.54) is 11.3 Å². The first kappa shape index (κ1) is 13.5. The number of hydrogen-bond donors (Lipinski definition) is 1. The van der Waals surface area contributed by atoms with Gasteiger partial charge in [0.25, 0.3) is 0 Å². The van der Waals surface area contributed by atoms with E-state index in [2.05, 4.69) is 24.1 Å². The van der Waals surface area contributed by atoms with Crippen molar-refractivity contribution in [2.24, 2.45) is 0 Å². The average molecular weight is 288 g/mol. The van der Waals surface area contributed by atoms with Gasteiger partial charge in [0.15, 0.2) is 0 Å². The third-order valence-electron chi connectivity index (χ3n) is 4.06. The maximum atomic E-state index is 10.5. The predicted octanol–water partition coefficient (Wildman–Crippen LogP) is 3.72. The molecule has 1 heterocycles. The molecule has 104 valence electrons. The normalized spacial score (nSPS) is 15.3. The van der Waals surface area contributed by atoms with Gasteiger partial charge in [-0.25, -0.2) is 0 Å². The Morgan fingerprint density at radius 1 is 1.15 bits per heavy atom. The van der Waals surface area contributed by atoms with E-state index in [9.17, 15) is 5.11 Å². The van der Waals surface area contributed by atoms with Gasteiger partial charge in [-0.1, -0.05) is 35.9 Å². The summed E-state index contributed by atoms with van der Waals surface area (Å²) < 4.78 is 0. The summed E-state index contributed by atoms with van der Waals surface area (Å²) in [7, 11) is 2.10. The van der Waals surface area contributed by atoms with Crippen LogP contribution in [0.25, 0.3) is 0 Å². The SMILES string of the molecule is Cc1ccc(C(O)c2ccc3c(c2)CCN3C)cc1Cl. The van der Waals surface area contributed by atoms with E-state index in [-0.39, 0.29) is 0 Å². The molecule has 0 aliphatic carbocycles. The molecule has 0 spiro atoms. The zero-order valence-electron chi connectivity index (χ0n) is 11.7. The summed E-state index contributed by atoms with van der Waals surface area (Å²) in [6.45, 7) is 3.01. The second-order valence-electron chi connectivity index (χ2n) is 5.47. The third kappa shape index (κ3) is 2.30. The Hall–Kier alpha value is -1.51. The van der Waals surface area contributed by atoms with Crippen molar-refractivity contribution in [3.8, 4) is 0 Å². The summed E-state index contributed by atoms with van der Waals surface area (Å²) in [4.78, 5) is 2.24. The highest BCUT2D eigenvalue weighted by atomic mass is 35.5. The first-order chi connectivity index (χ1) is 9.56. The Kier molecular flexibility index (Phi) is 3.45. The number of likely N-dealkylation sites (N-methyl/N-ethyl adjacent to an activating group) is 1. The lowest BCUT2D eigenvalue weighted by Crippen LogP contribution is -2.12. The lowest BCUT2D eigenvalue weighted by atomic mass is 9.98. The highest BCUT2D eigenvalue weighted by molar-refractivity contribution is 6.31. The van der Waals surface area contributed by atoms with Gasteiger partial charge in [-0.2, -0.15) is 0 Å². The Morgan fingerprint density at radius 3 is 2.60 bits per heavy atom. The van der Waals surface area contributed by atoms with E-state index in [0.29, 0.717) is 5.02 Å². The van der Waals surface area contributed by atoms with Crippen molar-refractivity contribution < 1.29 is 5.11 Å². The van der Waals surface area contributed by atoms with Crippen LogP contribution < -0.4 is 4.90 Å². The minimum absolute atomic E-state index is 0.621. The van der Waals surface area contributed by atoms with Crippen molar-refractivity contribution in [3.63, 3.8) is 0 Å². The second-order valence-corrected chi connectivity index (χ2v) is 5.88. The number of aliphatic hydroxyl groups is 1. The van der Waals surface area contributed by atoms with Gasteiger partial charge in [-0.3, -0.25) is 0 Å². The molecule has 1 aliphatic heterocycles. The second kappa shape index (κ2) is 5.12. The molecular formula is C17H18ClNO. The fourth-order valence-corrected chi connectivity index (χ4v) is 2.92. The van der Waals surface area contributed by atoms with Crippen molar-refractivity contribution in [3.05, 3.63) is 63.7 Å². The van der Waals surface area contributed by atoms with Crippen molar-refractivity contribution in [1.82, 2.24) is 0 Å². The Morgan fingerprint density at radius 2 is 1.85 bits per heavy atom. The lowest BCUT2D eigenvalue weighted by Gasteiger charge is -2.16. The highest BCUT2D eigenvalue weighted by Gasteiger charge is 2.18. The summed E-state index contributed by atoms with van der Waals surface area (Å²) in [5.74, 6) is 0. The van der Waals surface area contributed by atoms with Gasteiger partial charge in [0.05, 0.1) is 0 Å². The van der Waals surface area contributed by atoms with Crippen LogP contribution >= 0.6 is 11.6 Å². The number of fused-ring (bicyclic) bond motifs is 1. The summed E-state index contributed by atoms with van der Waals surface area (Å²) in [6, 6.07) is 11.9. The molecule has 0 fully saturated rings. The van der Waals surface area contributed by atoms with Gasteiger partial charge < -0.3 is 10.0 Å². The summed E-state index contributed by atoms with van der Waals surface area (Å²) in [5.41, 5.74) is 5.37. The van der Waals surface area contributed by atoms with Crippen LogP contribution in [-0.4, -0.2) is 18.7 Å². The minimum Gasteiger partial charge on any atom is -0.384 e. The topological polar surface area (TPSA) is 23.5 Å². The maximum Gasteiger partial charge on any atom is 0.104 e. The zero-order chi connectivity index (χ0) is 14.3. The molecule has 20 heavy (non-hydrogen) atoms. The van der Waals surface area contributed by atoms with Crippen molar-refractivity contribution in [2.45, 2.75) is 19.4 Å². The number of anilines is 1. The van der Waals surface area contributed by atoms with Crippen LogP contribution in [0.1, 0.15) is 28.4 Å². The molecule has 0 aromatic heterocycles. The van der Waals surface area contributed by atoms with E-state index < -0.39 is 6.10 Å². The molecular weight excluding hydrogens is 270 g/mol. The number of aryl methyl sites for hydroxylation is 1. The molecule has 1 unspecified atom stereocenters. The average Bonchev–Trinajstić information content (AvgIpc) is 2.82. The highest BCUT2D eigenvalue weighted by Crippen LogP contribution is 2.32. The molecule has 2 aromatic rings. The van der Waals surface area contributed by atoms with Gasteiger partial charge >= 0.3 is 0 Å². The van der Waals surface area contributed by atoms with Gasteiger partial charge in [0, 0.05) is 24.3 Å². The molecule has 3 heteroatoms. The standard InChI is InChI=1S/C17H18ClNO/c1-11-3-4-14(10-15(11)18)17(20)13-5-6-16-12(9-13)7-8-19(16)2/h3-6,9-10,17,20H,7-8H2,1-2H3. The van der Waals surface area contributed by atoms with Crippen LogP contribution in [0.5, 0.6) is 0 Å². The van der Waals surface area contributed by atoms with Crippen LogP contribution in [0.2, 0.25) is 5.02 Å². The number of benzene rings is 2. The molecule has 3 rings (SSSR count). The minimum atomic E-state index is -0.621. The molecule has 1 N–H and O–H groups in total. The molecule has 1 aliphatic rings. The molecule has 0 radical (unpaired) electrons. The molecule has 2 aromatic carbocycles. The number of halogens is 1. The Labute approximate surface area is 124 Å². The molecule has 2 nitrogen and oxygen atoms in total. The van der Waals surface area contributed by atoms with Gasteiger partial charge in [-0.05, 0) is 47.7 Å². The Bertz CT molecular complexity index is 653. The molecule has 0 saturated heterocycles. The van der Waals surface area contributed by atoms with Gasteiger partial charge in [-0.15, -0.1) is 0 Å². The summed E-state index contributed by atoms with van der Waals surface area (Å²) >= 11 is 6.14. The van der Waals surface area contributed by atoms with Crippen molar-refractivity contribution in [1.29, 1.82) is 0 Å². The zero-order valence-corrected chi connectivity index (χ0v) is 12.5. The van der Waals surface area contributed by atoms with Crippen LogP contribution in [0, 0.1) is 6.92 Å². The van der Waals surface area contributed by atoms with E-state index >= 15 is 0 Å². The quantitative estimate of drug-likeness (QED) is 0.910. The van der Waals surface area contributed by atoms with E-state index in [4.69, 9.17) is 11.6 Å². The third-order valence-corrected chi connectivity index (χ3v) is 4.47. The molecule has 1 atom stereocenters. The number of nitrogens with zero attached hydrogens (tertiary/aromatic N) is 1. The van der Waals surface area contributed by atoms with Crippen molar-refractivity contribution in [2.75, 3.05) is 18.5 Å². The van der Waals surface area contributed by atoms with Crippen molar-refractivity contribution >= 4 is 17.3 Å². The number of hydrogen-bond acceptors (Lipinski definition) is 2. The fraction of sp³-hybridized carbons (Fsp3) is 0.294. The van der Waals surface area contributed by atoms with E-state index in [0.717, 1.165) is 29.7 Å². The summed E-state index contributed by atoms with van der Waals surface area (Å²) in [5, 5.41) is 11.2. The maximum absolute atomic E-state index is 10.5. The largest absolute Gasteiger partial charge is 0.384 e. The predicted molar refractivity (Wildman–Crippen MR) is 83.7 cm³/mol. The number of aliphatic hydroxyl groups excluding tert-OH is 1. The molecule has 0 bridgehead atoms. The lowest BCUT2D eigenvalue weighted by molar-refractivity contribution is 0.220. The van der Waals surface area contributed by atoms with Gasteiger partial charge in [0.2, 0.25) is 0 Å². The molecule has 0 saturated carbocycles. The number of rotatable bonds is 2. The van der Waals surface area contributed by atoms with E-state index in [1.807, 2.05) is 31.2 Å². The fourth-order valence-electron chi connectivity index (χ4n) is 2.73. The Balaban J connectivity index is 1.94. The first-order valence-electron chi connectivity index (χ1n) is 6.84. The van der Waals surface area contributed by atoms with Crippen LogP contribution in [0.15, 0.2) is 36.4 Å². The van der Waals surface area contributed by atoms with Gasteiger partial charge in [0.1, 0.15) is 6.10 Å². The van der Waals surface area contributed by atoms with Crippen LogP contribution in [0.3, 0.4) is 0 Å². The summed E-state index contributed by atoms with van der Waals surface area (Å²) in [6.07, 6.45) is 0.422. The van der Waals surface area contributed by atoms with Crippen LogP contribution in [-0.2, 0) is 6.42 Å². The monoisotopic (exact) mass is 287 g/mol. The smallest absolute Gasteiger partial charge is 0.104 e. The van der Waals surface area contributed by atoms with Crippen LogP contribution in [0.4, 0.5) is 5.69 Å². The van der Waals surface area contributed by atoms with E-state index in [1.54, 1.807) is 0 Å².